The van der Waals surface area contributed by atoms with Crippen molar-refractivity contribution in [1.29, 1.82) is 0 Å². The monoisotopic (exact) mass is 251 g/mol. The van der Waals surface area contributed by atoms with Gasteiger partial charge in [-0.2, -0.15) is 0 Å². The van der Waals surface area contributed by atoms with Crippen LogP contribution in [0.3, 0.4) is 0 Å². The highest BCUT2D eigenvalue weighted by Gasteiger charge is 2.17. The van der Waals surface area contributed by atoms with E-state index >= 15 is 0 Å². The highest BCUT2D eigenvalue weighted by atomic mass is 16.5. The second kappa shape index (κ2) is 6.07. The SMILES string of the molecule is COc1cc([C@H](C)N)ccc1OC1CCOCC1. The van der Waals surface area contributed by atoms with Crippen molar-refractivity contribution >= 4 is 0 Å². The Bertz CT molecular complexity index is 387. The molecule has 1 aromatic carbocycles. The summed E-state index contributed by atoms with van der Waals surface area (Å²) in [6, 6.07) is 5.87. The summed E-state index contributed by atoms with van der Waals surface area (Å²) in [5, 5.41) is 0. The second-order valence-electron chi connectivity index (χ2n) is 4.63. The van der Waals surface area contributed by atoms with Crippen molar-refractivity contribution < 1.29 is 14.2 Å². The highest BCUT2D eigenvalue weighted by Crippen LogP contribution is 2.31. The molecule has 0 aliphatic carbocycles. The van der Waals surface area contributed by atoms with Crippen LogP contribution in [0.1, 0.15) is 31.4 Å². The molecule has 1 aliphatic heterocycles. The van der Waals surface area contributed by atoms with Crippen LogP contribution in [0.5, 0.6) is 11.5 Å². The van der Waals surface area contributed by atoms with Crippen molar-refractivity contribution in [3.8, 4) is 11.5 Å². The average molecular weight is 251 g/mol. The topological polar surface area (TPSA) is 53.7 Å². The van der Waals surface area contributed by atoms with Crippen LogP contribution in [0.25, 0.3) is 0 Å². The quantitative estimate of drug-likeness (QED) is 0.892. The fourth-order valence-corrected chi connectivity index (χ4v) is 2.04. The van der Waals surface area contributed by atoms with Gasteiger partial charge in [0.05, 0.1) is 20.3 Å². The van der Waals surface area contributed by atoms with Gasteiger partial charge < -0.3 is 19.9 Å². The van der Waals surface area contributed by atoms with Gasteiger partial charge in [0, 0.05) is 18.9 Å². The van der Waals surface area contributed by atoms with E-state index in [1.165, 1.54) is 0 Å². The zero-order valence-corrected chi connectivity index (χ0v) is 11.0. The first-order valence-corrected chi connectivity index (χ1v) is 6.38. The van der Waals surface area contributed by atoms with Gasteiger partial charge in [0.15, 0.2) is 11.5 Å². The third-order valence-electron chi connectivity index (χ3n) is 3.18. The molecular weight excluding hydrogens is 230 g/mol. The smallest absolute Gasteiger partial charge is 0.161 e. The third kappa shape index (κ3) is 3.15. The Hall–Kier alpha value is -1.26. The Balaban J connectivity index is 2.11. The lowest BCUT2D eigenvalue weighted by Gasteiger charge is -2.24. The summed E-state index contributed by atoms with van der Waals surface area (Å²) in [5.41, 5.74) is 6.91. The molecule has 1 fully saturated rings. The maximum atomic E-state index is 5.97. The first-order chi connectivity index (χ1) is 8.70. The molecule has 0 radical (unpaired) electrons. The van der Waals surface area contributed by atoms with E-state index in [-0.39, 0.29) is 12.1 Å². The highest BCUT2D eigenvalue weighted by molar-refractivity contribution is 5.43. The number of rotatable bonds is 4. The summed E-state index contributed by atoms with van der Waals surface area (Å²) in [6.45, 7) is 3.49. The predicted molar refractivity (Wildman–Crippen MR) is 70.1 cm³/mol. The van der Waals surface area contributed by atoms with Gasteiger partial charge in [-0.1, -0.05) is 6.07 Å². The Kier molecular flexibility index (Phi) is 4.44. The lowest BCUT2D eigenvalue weighted by atomic mass is 10.1. The summed E-state index contributed by atoms with van der Waals surface area (Å²) < 4.78 is 16.6. The van der Waals surface area contributed by atoms with E-state index in [2.05, 4.69) is 0 Å². The number of hydrogen-bond donors (Lipinski definition) is 1. The fraction of sp³-hybridized carbons (Fsp3) is 0.571. The fourth-order valence-electron chi connectivity index (χ4n) is 2.04. The van der Waals surface area contributed by atoms with Crippen LogP contribution in [-0.4, -0.2) is 26.4 Å². The Morgan fingerprint density at radius 1 is 1.28 bits per heavy atom. The van der Waals surface area contributed by atoms with Crippen LogP contribution >= 0.6 is 0 Å². The molecule has 0 amide bonds. The van der Waals surface area contributed by atoms with Crippen molar-refractivity contribution in [1.82, 2.24) is 0 Å². The molecule has 18 heavy (non-hydrogen) atoms. The zero-order valence-electron chi connectivity index (χ0n) is 11.0. The molecule has 0 unspecified atom stereocenters. The van der Waals surface area contributed by atoms with E-state index < -0.39 is 0 Å². The number of hydrogen-bond acceptors (Lipinski definition) is 4. The third-order valence-corrected chi connectivity index (χ3v) is 3.18. The first-order valence-electron chi connectivity index (χ1n) is 6.38. The number of nitrogens with two attached hydrogens (primary N) is 1. The predicted octanol–water partition coefficient (Wildman–Crippen LogP) is 2.27. The van der Waals surface area contributed by atoms with Crippen molar-refractivity contribution in [3.63, 3.8) is 0 Å². The molecule has 1 aliphatic rings. The van der Waals surface area contributed by atoms with Crippen LogP contribution < -0.4 is 15.2 Å². The molecular formula is C14H21NO3. The van der Waals surface area contributed by atoms with Crippen molar-refractivity contribution in [2.45, 2.75) is 31.9 Å². The summed E-state index contributed by atoms with van der Waals surface area (Å²) in [4.78, 5) is 0. The van der Waals surface area contributed by atoms with Crippen molar-refractivity contribution in [2.24, 2.45) is 5.73 Å². The van der Waals surface area contributed by atoms with Crippen molar-refractivity contribution in [2.75, 3.05) is 20.3 Å². The molecule has 0 spiro atoms. The van der Waals surface area contributed by atoms with Crippen LogP contribution in [0.2, 0.25) is 0 Å². The molecule has 4 nitrogen and oxygen atoms in total. The maximum absolute atomic E-state index is 5.97. The Morgan fingerprint density at radius 3 is 2.61 bits per heavy atom. The van der Waals surface area contributed by atoms with E-state index in [0.29, 0.717) is 0 Å². The number of ether oxygens (including phenoxy) is 3. The van der Waals surface area contributed by atoms with Crippen molar-refractivity contribution in [3.05, 3.63) is 23.8 Å². The van der Waals surface area contributed by atoms with Gasteiger partial charge in [0.25, 0.3) is 0 Å². The molecule has 0 saturated carbocycles. The van der Waals surface area contributed by atoms with Gasteiger partial charge in [0.1, 0.15) is 6.10 Å². The van der Waals surface area contributed by atoms with Crippen LogP contribution in [0.15, 0.2) is 18.2 Å². The minimum absolute atomic E-state index is 0.00368. The molecule has 0 bridgehead atoms. The molecule has 2 rings (SSSR count). The molecule has 0 aromatic heterocycles. The van der Waals surface area contributed by atoms with Gasteiger partial charge in [-0.15, -0.1) is 0 Å². The Morgan fingerprint density at radius 2 is 2.00 bits per heavy atom. The lowest BCUT2D eigenvalue weighted by Crippen LogP contribution is -2.26. The number of benzene rings is 1. The molecule has 4 heteroatoms. The average Bonchev–Trinajstić information content (AvgIpc) is 2.40. The Labute approximate surface area is 108 Å². The molecule has 1 atom stereocenters. The minimum atomic E-state index is -0.00368. The summed E-state index contributed by atoms with van der Waals surface area (Å²) in [5.74, 6) is 1.53. The van der Waals surface area contributed by atoms with E-state index in [0.717, 1.165) is 43.1 Å². The maximum Gasteiger partial charge on any atom is 0.161 e. The van der Waals surface area contributed by atoms with E-state index in [1.54, 1.807) is 7.11 Å². The molecule has 100 valence electrons. The molecule has 1 heterocycles. The first kappa shape index (κ1) is 13.2. The van der Waals surface area contributed by atoms with Gasteiger partial charge in [-0.25, -0.2) is 0 Å². The van der Waals surface area contributed by atoms with E-state index in [1.807, 2.05) is 25.1 Å². The van der Waals surface area contributed by atoms with E-state index in [9.17, 15) is 0 Å². The zero-order chi connectivity index (χ0) is 13.0. The van der Waals surface area contributed by atoms with Crippen LogP contribution in [0, 0.1) is 0 Å². The second-order valence-corrected chi connectivity index (χ2v) is 4.63. The standard InChI is InChI=1S/C14H21NO3/c1-10(15)11-3-4-13(14(9-11)16-2)18-12-5-7-17-8-6-12/h3-4,9-10,12H,5-8,15H2,1-2H3/t10-/m0/s1. The van der Waals surface area contributed by atoms with Gasteiger partial charge in [0.2, 0.25) is 0 Å². The molecule has 1 aromatic rings. The summed E-state index contributed by atoms with van der Waals surface area (Å²) >= 11 is 0. The summed E-state index contributed by atoms with van der Waals surface area (Å²) in [6.07, 6.45) is 2.07. The van der Waals surface area contributed by atoms with Crippen LogP contribution in [-0.2, 0) is 4.74 Å². The lowest BCUT2D eigenvalue weighted by molar-refractivity contribution is 0.0245. The van der Waals surface area contributed by atoms with Gasteiger partial charge in [-0.3, -0.25) is 0 Å². The van der Waals surface area contributed by atoms with Crippen LogP contribution in [0.4, 0.5) is 0 Å². The summed E-state index contributed by atoms with van der Waals surface area (Å²) in [7, 11) is 1.65. The molecule has 2 N–H and O–H groups in total. The van der Waals surface area contributed by atoms with Gasteiger partial charge in [-0.05, 0) is 24.6 Å². The minimum Gasteiger partial charge on any atom is -0.493 e. The molecule has 1 saturated heterocycles. The number of methoxy groups -OCH3 is 1. The largest absolute Gasteiger partial charge is 0.493 e. The van der Waals surface area contributed by atoms with Gasteiger partial charge >= 0.3 is 0 Å². The van der Waals surface area contributed by atoms with E-state index in [4.69, 9.17) is 19.9 Å². The normalized spacial score (nSPS) is 18.4.